The molecule has 0 aromatic heterocycles. The topological polar surface area (TPSA) is 47.6 Å². The minimum atomic E-state index is -0.442. The van der Waals surface area contributed by atoms with Gasteiger partial charge in [0.2, 0.25) is 0 Å². The second-order valence-corrected chi connectivity index (χ2v) is 3.95. The summed E-state index contributed by atoms with van der Waals surface area (Å²) in [7, 11) is 0. The van der Waals surface area contributed by atoms with Gasteiger partial charge in [0, 0.05) is 5.69 Å². The smallest absolute Gasteiger partial charge is 0.411 e. The Morgan fingerprint density at radius 1 is 1.29 bits per heavy atom. The van der Waals surface area contributed by atoms with E-state index in [1.54, 1.807) is 26.0 Å². The molecule has 94 valence electrons. The first-order valence-electron chi connectivity index (χ1n) is 5.82. The molecule has 0 unspecified atom stereocenters. The molecule has 1 aromatic rings. The summed E-state index contributed by atoms with van der Waals surface area (Å²) in [5.74, 6) is 0.801. The molecule has 0 bridgehead atoms. The molecule has 0 saturated heterocycles. The van der Waals surface area contributed by atoms with Crippen molar-refractivity contribution in [3.8, 4) is 5.75 Å². The summed E-state index contributed by atoms with van der Waals surface area (Å²) in [6.07, 6.45) is 0.408. The van der Waals surface area contributed by atoms with E-state index in [0.717, 1.165) is 12.2 Å². The Balaban J connectivity index is 2.47. The minimum Gasteiger partial charge on any atom is -0.494 e. The van der Waals surface area contributed by atoms with Crippen LogP contribution < -0.4 is 10.1 Å². The Morgan fingerprint density at radius 2 is 1.94 bits per heavy atom. The van der Waals surface area contributed by atoms with Gasteiger partial charge in [0.05, 0.1) is 12.7 Å². The van der Waals surface area contributed by atoms with E-state index in [-0.39, 0.29) is 6.10 Å². The summed E-state index contributed by atoms with van der Waals surface area (Å²) >= 11 is 0. The number of rotatable bonds is 5. The van der Waals surface area contributed by atoms with Crippen LogP contribution in [-0.4, -0.2) is 18.8 Å². The predicted molar refractivity (Wildman–Crippen MR) is 67.5 cm³/mol. The highest BCUT2D eigenvalue weighted by Crippen LogP contribution is 2.16. The van der Waals surface area contributed by atoms with Crippen molar-refractivity contribution in [1.29, 1.82) is 0 Å². The largest absolute Gasteiger partial charge is 0.494 e. The number of hydrogen-bond donors (Lipinski definition) is 1. The Labute approximate surface area is 102 Å². The molecule has 0 aliphatic carbocycles. The molecule has 0 fully saturated rings. The van der Waals surface area contributed by atoms with Crippen LogP contribution >= 0.6 is 0 Å². The average Bonchev–Trinajstić information content (AvgIpc) is 2.27. The molecule has 0 aliphatic heterocycles. The van der Waals surface area contributed by atoms with Gasteiger partial charge in [0.1, 0.15) is 5.75 Å². The number of nitrogens with one attached hydrogen (secondary N) is 1. The van der Waals surface area contributed by atoms with Crippen LogP contribution in [-0.2, 0) is 4.74 Å². The van der Waals surface area contributed by atoms with Gasteiger partial charge < -0.3 is 9.47 Å². The lowest BCUT2D eigenvalue weighted by Crippen LogP contribution is -2.17. The molecule has 17 heavy (non-hydrogen) atoms. The molecule has 1 aromatic carbocycles. The van der Waals surface area contributed by atoms with Gasteiger partial charge in [0.25, 0.3) is 0 Å². The number of anilines is 1. The molecule has 0 aliphatic rings. The Morgan fingerprint density at radius 3 is 2.47 bits per heavy atom. The molecule has 0 atom stereocenters. The Kier molecular flexibility index (Phi) is 5.33. The summed E-state index contributed by atoms with van der Waals surface area (Å²) in [5.41, 5.74) is 0.694. The molecule has 0 heterocycles. The van der Waals surface area contributed by atoms with Gasteiger partial charge in [-0.05, 0) is 44.5 Å². The standard InChI is InChI=1S/C13H19NO3/c1-4-9-16-12-7-5-11(6-8-12)14-13(15)17-10(2)3/h5-8,10H,4,9H2,1-3H3,(H,14,15). The summed E-state index contributed by atoms with van der Waals surface area (Å²) < 4.78 is 10.4. The molecule has 0 radical (unpaired) electrons. The number of carbonyl (C=O) groups is 1. The molecule has 4 nitrogen and oxygen atoms in total. The van der Waals surface area contributed by atoms with Gasteiger partial charge in [-0.15, -0.1) is 0 Å². The summed E-state index contributed by atoms with van der Waals surface area (Å²) in [6.45, 7) is 6.36. The molecule has 1 N–H and O–H groups in total. The van der Waals surface area contributed by atoms with Crippen LogP contribution in [0.5, 0.6) is 5.75 Å². The fourth-order valence-corrected chi connectivity index (χ4v) is 1.22. The highest BCUT2D eigenvalue weighted by atomic mass is 16.6. The molecule has 1 rings (SSSR count). The van der Waals surface area contributed by atoms with Gasteiger partial charge >= 0.3 is 6.09 Å². The van der Waals surface area contributed by atoms with Gasteiger partial charge in [-0.3, -0.25) is 5.32 Å². The van der Waals surface area contributed by atoms with E-state index in [1.165, 1.54) is 0 Å². The van der Waals surface area contributed by atoms with Crippen LogP contribution in [0, 0.1) is 0 Å². The normalized spacial score (nSPS) is 10.1. The predicted octanol–water partition coefficient (Wildman–Crippen LogP) is 3.43. The van der Waals surface area contributed by atoms with Crippen LogP contribution in [0.1, 0.15) is 27.2 Å². The first-order chi connectivity index (χ1) is 8.11. The number of amides is 1. The van der Waals surface area contributed by atoms with Gasteiger partial charge in [-0.2, -0.15) is 0 Å². The highest BCUT2D eigenvalue weighted by molar-refractivity contribution is 5.84. The molecule has 4 heteroatoms. The number of hydrogen-bond acceptors (Lipinski definition) is 3. The first-order valence-corrected chi connectivity index (χ1v) is 5.82. The third-order valence-electron chi connectivity index (χ3n) is 1.92. The SMILES string of the molecule is CCCOc1ccc(NC(=O)OC(C)C)cc1. The van der Waals surface area contributed by atoms with Crippen molar-refractivity contribution in [2.45, 2.75) is 33.3 Å². The van der Waals surface area contributed by atoms with E-state index in [2.05, 4.69) is 12.2 Å². The number of benzene rings is 1. The third kappa shape index (κ3) is 5.24. The third-order valence-corrected chi connectivity index (χ3v) is 1.92. The van der Waals surface area contributed by atoms with Gasteiger partial charge in [-0.1, -0.05) is 6.92 Å². The van der Waals surface area contributed by atoms with E-state index < -0.39 is 6.09 Å². The Bertz CT molecular complexity index is 346. The maximum Gasteiger partial charge on any atom is 0.411 e. The van der Waals surface area contributed by atoms with Crippen molar-refractivity contribution >= 4 is 11.8 Å². The first kappa shape index (κ1) is 13.4. The van der Waals surface area contributed by atoms with Crippen molar-refractivity contribution in [3.05, 3.63) is 24.3 Å². The van der Waals surface area contributed by atoms with E-state index in [4.69, 9.17) is 9.47 Å². The minimum absolute atomic E-state index is 0.123. The van der Waals surface area contributed by atoms with Crippen LogP contribution in [0.25, 0.3) is 0 Å². The zero-order chi connectivity index (χ0) is 12.7. The summed E-state index contributed by atoms with van der Waals surface area (Å²) in [4.78, 5) is 11.3. The van der Waals surface area contributed by atoms with Crippen molar-refractivity contribution < 1.29 is 14.3 Å². The van der Waals surface area contributed by atoms with Gasteiger partial charge in [0.15, 0.2) is 0 Å². The van der Waals surface area contributed by atoms with E-state index in [9.17, 15) is 4.79 Å². The monoisotopic (exact) mass is 237 g/mol. The van der Waals surface area contributed by atoms with Crippen molar-refractivity contribution in [1.82, 2.24) is 0 Å². The lowest BCUT2D eigenvalue weighted by molar-refractivity contribution is 0.130. The van der Waals surface area contributed by atoms with E-state index >= 15 is 0 Å². The zero-order valence-electron chi connectivity index (χ0n) is 10.5. The average molecular weight is 237 g/mol. The van der Waals surface area contributed by atoms with Crippen molar-refractivity contribution in [2.75, 3.05) is 11.9 Å². The van der Waals surface area contributed by atoms with Crippen LogP contribution in [0.2, 0.25) is 0 Å². The molecular weight excluding hydrogens is 218 g/mol. The van der Waals surface area contributed by atoms with Crippen LogP contribution in [0.3, 0.4) is 0 Å². The lowest BCUT2D eigenvalue weighted by atomic mass is 10.3. The van der Waals surface area contributed by atoms with Crippen LogP contribution in [0.4, 0.5) is 10.5 Å². The summed E-state index contributed by atoms with van der Waals surface area (Å²) in [6, 6.07) is 7.21. The molecule has 1 amide bonds. The zero-order valence-corrected chi connectivity index (χ0v) is 10.5. The fraction of sp³-hybridized carbons (Fsp3) is 0.462. The van der Waals surface area contributed by atoms with Gasteiger partial charge in [-0.25, -0.2) is 4.79 Å². The number of carbonyl (C=O) groups excluding carboxylic acids is 1. The highest BCUT2D eigenvalue weighted by Gasteiger charge is 2.05. The second kappa shape index (κ2) is 6.78. The maximum atomic E-state index is 11.3. The lowest BCUT2D eigenvalue weighted by Gasteiger charge is -2.10. The molecular formula is C13H19NO3. The Hall–Kier alpha value is -1.71. The van der Waals surface area contributed by atoms with Crippen molar-refractivity contribution in [3.63, 3.8) is 0 Å². The summed E-state index contributed by atoms with van der Waals surface area (Å²) in [5, 5.41) is 2.64. The van der Waals surface area contributed by atoms with E-state index in [0.29, 0.717) is 12.3 Å². The molecule has 0 spiro atoms. The maximum absolute atomic E-state index is 11.3. The second-order valence-electron chi connectivity index (χ2n) is 3.95. The van der Waals surface area contributed by atoms with E-state index in [1.807, 2.05) is 12.1 Å². The molecule has 0 saturated carbocycles. The van der Waals surface area contributed by atoms with Crippen molar-refractivity contribution in [2.24, 2.45) is 0 Å². The fourth-order valence-electron chi connectivity index (χ4n) is 1.22. The number of ether oxygens (including phenoxy) is 2. The quantitative estimate of drug-likeness (QED) is 0.853. The van der Waals surface area contributed by atoms with Crippen LogP contribution in [0.15, 0.2) is 24.3 Å².